The van der Waals surface area contributed by atoms with Crippen molar-refractivity contribution in [3.05, 3.63) is 53.4 Å². The molecule has 0 spiro atoms. The molecule has 0 aliphatic heterocycles. The maximum absolute atomic E-state index is 13.1. The van der Waals surface area contributed by atoms with Crippen LogP contribution in [-0.2, 0) is 12.8 Å². The molecule has 4 nitrogen and oxygen atoms in total. The summed E-state index contributed by atoms with van der Waals surface area (Å²) in [4.78, 5) is 20.6. The SMILES string of the molecule is O=C(Nc1cccc(F)c1)c1ncnc2c1CCCC2. The van der Waals surface area contributed by atoms with Crippen LogP contribution in [0.3, 0.4) is 0 Å². The zero-order valence-electron chi connectivity index (χ0n) is 10.9. The van der Waals surface area contributed by atoms with E-state index in [0.717, 1.165) is 36.9 Å². The van der Waals surface area contributed by atoms with Crippen LogP contribution >= 0.6 is 0 Å². The molecule has 0 saturated carbocycles. The van der Waals surface area contributed by atoms with Crippen molar-refractivity contribution in [1.29, 1.82) is 0 Å². The van der Waals surface area contributed by atoms with Crippen molar-refractivity contribution in [2.75, 3.05) is 5.32 Å². The van der Waals surface area contributed by atoms with E-state index >= 15 is 0 Å². The topological polar surface area (TPSA) is 54.9 Å². The van der Waals surface area contributed by atoms with Gasteiger partial charge < -0.3 is 5.32 Å². The lowest BCUT2D eigenvalue weighted by molar-refractivity contribution is 0.102. The minimum atomic E-state index is -0.382. The molecule has 0 radical (unpaired) electrons. The Morgan fingerprint density at radius 3 is 2.90 bits per heavy atom. The summed E-state index contributed by atoms with van der Waals surface area (Å²) in [6.07, 6.45) is 5.26. The summed E-state index contributed by atoms with van der Waals surface area (Å²) in [7, 11) is 0. The highest BCUT2D eigenvalue weighted by molar-refractivity contribution is 6.03. The number of carbonyl (C=O) groups excluding carboxylic acids is 1. The molecule has 1 aliphatic rings. The first kappa shape index (κ1) is 12.7. The highest BCUT2D eigenvalue weighted by Gasteiger charge is 2.20. The number of nitrogens with one attached hydrogen (secondary N) is 1. The number of hydrogen-bond acceptors (Lipinski definition) is 3. The van der Waals surface area contributed by atoms with Crippen molar-refractivity contribution in [2.24, 2.45) is 0 Å². The van der Waals surface area contributed by atoms with Crippen LogP contribution in [0.15, 0.2) is 30.6 Å². The predicted molar refractivity (Wildman–Crippen MR) is 73.0 cm³/mol. The quantitative estimate of drug-likeness (QED) is 0.913. The van der Waals surface area contributed by atoms with E-state index in [1.807, 2.05) is 0 Å². The van der Waals surface area contributed by atoms with Crippen molar-refractivity contribution < 1.29 is 9.18 Å². The van der Waals surface area contributed by atoms with Crippen molar-refractivity contribution >= 4 is 11.6 Å². The summed E-state index contributed by atoms with van der Waals surface area (Å²) in [5.74, 6) is -0.691. The first-order chi connectivity index (χ1) is 9.74. The number of aromatic nitrogens is 2. The third-order valence-electron chi connectivity index (χ3n) is 3.42. The van der Waals surface area contributed by atoms with Gasteiger partial charge in [-0.3, -0.25) is 4.79 Å². The van der Waals surface area contributed by atoms with Gasteiger partial charge in [-0.05, 0) is 43.9 Å². The number of benzene rings is 1. The number of nitrogens with zero attached hydrogens (tertiary/aromatic N) is 2. The molecule has 1 aliphatic carbocycles. The standard InChI is InChI=1S/C15H14FN3O/c16-10-4-3-5-11(8-10)19-15(20)14-12-6-1-2-7-13(12)17-9-18-14/h3-5,8-9H,1-2,6-7H2,(H,19,20). The Kier molecular flexibility index (Phi) is 3.41. The molecule has 1 amide bonds. The second kappa shape index (κ2) is 5.36. The lowest BCUT2D eigenvalue weighted by atomic mass is 9.94. The van der Waals surface area contributed by atoms with Crippen LogP contribution in [0.1, 0.15) is 34.6 Å². The number of amides is 1. The van der Waals surface area contributed by atoms with Crippen LogP contribution in [0.5, 0.6) is 0 Å². The number of anilines is 1. The smallest absolute Gasteiger partial charge is 0.274 e. The number of aryl methyl sites for hydroxylation is 1. The first-order valence-corrected chi connectivity index (χ1v) is 6.64. The average Bonchev–Trinajstić information content (AvgIpc) is 2.46. The normalized spacial score (nSPS) is 13.7. The Morgan fingerprint density at radius 1 is 1.20 bits per heavy atom. The van der Waals surface area contributed by atoms with Crippen molar-refractivity contribution in [3.63, 3.8) is 0 Å². The van der Waals surface area contributed by atoms with E-state index in [4.69, 9.17) is 0 Å². The Labute approximate surface area is 116 Å². The predicted octanol–water partition coefficient (Wildman–Crippen LogP) is 2.75. The van der Waals surface area contributed by atoms with E-state index in [9.17, 15) is 9.18 Å². The Morgan fingerprint density at radius 2 is 2.05 bits per heavy atom. The van der Waals surface area contributed by atoms with Crippen LogP contribution in [0.2, 0.25) is 0 Å². The largest absolute Gasteiger partial charge is 0.321 e. The molecule has 3 rings (SSSR count). The van der Waals surface area contributed by atoms with Crippen molar-refractivity contribution in [3.8, 4) is 0 Å². The molecule has 2 aromatic rings. The summed E-state index contributed by atoms with van der Waals surface area (Å²) < 4.78 is 13.1. The zero-order valence-corrected chi connectivity index (χ0v) is 10.9. The third-order valence-corrected chi connectivity index (χ3v) is 3.42. The van der Waals surface area contributed by atoms with Gasteiger partial charge in [0.1, 0.15) is 17.8 Å². The maximum Gasteiger partial charge on any atom is 0.274 e. The summed E-state index contributed by atoms with van der Waals surface area (Å²) in [5, 5.41) is 2.68. The molecule has 0 saturated heterocycles. The highest BCUT2D eigenvalue weighted by Crippen LogP contribution is 2.22. The molecule has 102 valence electrons. The minimum Gasteiger partial charge on any atom is -0.321 e. The molecular weight excluding hydrogens is 257 g/mol. The highest BCUT2D eigenvalue weighted by atomic mass is 19.1. The minimum absolute atomic E-state index is 0.309. The van der Waals surface area contributed by atoms with Gasteiger partial charge in [0, 0.05) is 16.9 Å². The van der Waals surface area contributed by atoms with E-state index < -0.39 is 0 Å². The Balaban J connectivity index is 1.88. The fourth-order valence-corrected chi connectivity index (χ4v) is 2.47. The molecule has 0 bridgehead atoms. The third kappa shape index (κ3) is 2.52. The van der Waals surface area contributed by atoms with Gasteiger partial charge in [-0.1, -0.05) is 6.07 Å². The number of carbonyl (C=O) groups is 1. The van der Waals surface area contributed by atoms with Crippen molar-refractivity contribution in [1.82, 2.24) is 9.97 Å². The Hall–Kier alpha value is -2.30. The molecule has 1 heterocycles. The molecular formula is C15H14FN3O. The molecule has 20 heavy (non-hydrogen) atoms. The molecule has 0 unspecified atom stereocenters. The van der Waals surface area contributed by atoms with E-state index in [-0.39, 0.29) is 11.7 Å². The van der Waals surface area contributed by atoms with Gasteiger partial charge in [0.15, 0.2) is 0 Å². The van der Waals surface area contributed by atoms with Gasteiger partial charge in [0.25, 0.3) is 5.91 Å². The number of rotatable bonds is 2. The molecule has 1 N–H and O–H groups in total. The van der Waals surface area contributed by atoms with Crippen LogP contribution in [-0.4, -0.2) is 15.9 Å². The van der Waals surface area contributed by atoms with Gasteiger partial charge in [0.05, 0.1) is 0 Å². The van der Waals surface area contributed by atoms with E-state index in [1.165, 1.54) is 18.5 Å². The number of fused-ring (bicyclic) bond motifs is 1. The molecule has 5 heteroatoms. The number of halogens is 1. The van der Waals surface area contributed by atoms with E-state index in [0.29, 0.717) is 11.4 Å². The maximum atomic E-state index is 13.1. The number of hydrogen-bond donors (Lipinski definition) is 1. The summed E-state index contributed by atoms with van der Waals surface area (Å²) in [6.45, 7) is 0. The van der Waals surface area contributed by atoms with Gasteiger partial charge in [0.2, 0.25) is 0 Å². The summed E-state index contributed by atoms with van der Waals surface area (Å²) in [5.41, 5.74) is 2.71. The second-order valence-corrected chi connectivity index (χ2v) is 4.82. The summed E-state index contributed by atoms with van der Waals surface area (Å²) >= 11 is 0. The van der Waals surface area contributed by atoms with Gasteiger partial charge >= 0.3 is 0 Å². The molecule has 0 fully saturated rings. The molecule has 0 atom stereocenters. The fraction of sp³-hybridized carbons (Fsp3) is 0.267. The monoisotopic (exact) mass is 271 g/mol. The summed E-state index contributed by atoms with van der Waals surface area (Å²) in [6, 6.07) is 5.82. The van der Waals surface area contributed by atoms with Crippen LogP contribution in [0, 0.1) is 5.82 Å². The zero-order chi connectivity index (χ0) is 13.9. The Bertz CT molecular complexity index is 657. The van der Waals surface area contributed by atoms with E-state index in [2.05, 4.69) is 15.3 Å². The lowest BCUT2D eigenvalue weighted by Gasteiger charge is -2.16. The lowest BCUT2D eigenvalue weighted by Crippen LogP contribution is -2.20. The molecule has 1 aromatic carbocycles. The van der Waals surface area contributed by atoms with Crippen LogP contribution in [0.25, 0.3) is 0 Å². The molecule has 1 aromatic heterocycles. The van der Waals surface area contributed by atoms with Crippen molar-refractivity contribution in [2.45, 2.75) is 25.7 Å². The van der Waals surface area contributed by atoms with Crippen LogP contribution in [0.4, 0.5) is 10.1 Å². The first-order valence-electron chi connectivity index (χ1n) is 6.64. The van der Waals surface area contributed by atoms with Crippen LogP contribution < -0.4 is 5.32 Å². The van der Waals surface area contributed by atoms with Gasteiger partial charge in [-0.25, -0.2) is 14.4 Å². The van der Waals surface area contributed by atoms with E-state index in [1.54, 1.807) is 12.1 Å². The van der Waals surface area contributed by atoms with Gasteiger partial charge in [-0.15, -0.1) is 0 Å². The fourth-order valence-electron chi connectivity index (χ4n) is 2.47. The second-order valence-electron chi connectivity index (χ2n) is 4.82. The van der Waals surface area contributed by atoms with Gasteiger partial charge in [-0.2, -0.15) is 0 Å². The average molecular weight is 271 g/mol.